The van der Waals surface area contributed by atoms with Crippen LogP contribution in [0.5, 0.6) is 5.75 Å². The molecule has 2 fully saturated rings. The van der Waals surface area contributed by atoms with Gasteiger partial charge in [-0.1, -0.05) is 64.9 Å². The van der Waals surface area contributed by atoms with Crippen LogP contribution >= 0.6 is 0 Å². The van der Waals surface area contributed by atoms with Crippen LogP contribution in [0.25, 0.3) is 0 Å². The van der Waals surface area contributed by atoms with Crippen LogP contribution in [-0.4, -0.2) is 6.61 Å². The van der Waals surface area contributed by atoms with Crippen molar-refractivity contribution in [3.05, 3.63) is 29.3 Å². The van der Waals surface area contributed by atoms with Gasteiger partial charge in [-0.2, -0.15) is 4.39 Å². The fourth-order valence-corrected chi connectivity index (χ4v) is 5.78. The van der Waals surface area contributed by atoms with Crippen LogP contribution in [0.15, 0.2) is 12.1 Å². The van der Waals surface area contributed by atoms with Crippen LogP contribution in [0, 0.1) is 29.4 Å². The van der Waals surface area contributed by atoms with Crippen molar-refractivity contribution in [3.63, 3.8) is 0 Å². The maximum atomic E-state index is 14.9. The second-order valence-electron chi connectivity index (χ2n) is 9.03. The van der Waals surface area contributed by atoms with E-state index in [0.29, 0.717) is 18.1 Å². The first kappa shape index (κ1) is 21.6. The zero-order valence-corrected chi connectivity index (χ0v) is 17.8. The van der Waals surface area contributed by atoms with Gasteiger partial charge in [0.25, 0.3) is 0 Å². The molecule has 4 atom stereocenters. The van der Waals surface area contributed by atoms with Gasteiger partial charge < -0.3 is 4.74 Å². The number of unbranched alkanes of at least 4 members (excludes halogenated alkanes) is 5. The highest BCUT2D eigenvalue weighted by molar-refractivity contribution is 5.34. The Morgan fingerprint density at radius 3 is 2.36 bits per heavy atom. The number of halogens is 2. The van der Waals surface area contributed by atoms with Crippen molar-refractivity contribution in [2.24, 2.45) is 17.8 Å². The monoisotopic (exact) mass is 392 g/mol. The number of benzene rings is 1. The molecule has 0 saturated heterocycles. The fraction of sp³-hybridized carbons (Fsp3) is 0.760. The van der Waals surface area contributed by atoms with Crippen molar-refractivity contribution in [1.29, 1.82) is 0 Å². The van der Waals surface area contributed by atoms with Crippen molar-refractivity contribution >= 4 is 0 Å². The average molecular weight is 393 g/mol. The van der Waals surface area contributed by atoms with E-state index in [0.717, 1.165) is 43.9 Å². The summed E-state index contributed by atoms with van der Waals surface area (Å²) in [6, 6.07) is 3.46. The summed E-state index contributed by atoms with van der Waals surface area (Å²) in [4.78, 5) is 0. The van der Waals surface area contributed by atoms with Gasteiger partial charge in [0.1, 0.15) is 0 Å². The molecule has 4 unspecified atom stereocenters. The molecule has 2 aliphatic carbocycles. The third-order valence-electron chi connectivity index (χ3n) is 7.26. The van der Waals surface area contributed by atoms with Crippen LogP contribution in [-0.2, 0) is 0 Å². The van der Waals surface area contributed by atoms with Crippen molar-refractivity contribution in [2.75, 3.05) is 6.61 Å². The zero-order valence-electron chi connectivity index (χ0n) is 17.8. The highest BCUT2D eigenvalue weighted by Crippen LogP contribution is 2.56. The Labute approximate surface area is 170 Å². The van der Waals surface area contributed by atoms with Crippen molar-refractivity contribution < 1.29 is 13.5 Å². The van der Waals surface area contributed by atoms with Crippen LogP contribution in [0.4, 0.5) is 8.78 Å². The number of hydrogen-bond donors (Lipinski definition) is 0. The van der Waals surface area contributed by atoms with E-state index in [1.165, 1.54) is 44.9 Å². The van der Waals surface area contributed by atoms with Gasteiger partial charge >= 0.3 is 0 Å². The van der Waals surface area contributed by atoms with E-state index in [-0.39, 0.29) is 11.7 Å². The Hall–Kier alpha value is -1.12. The molecule has 1 nitrogen and oxygen atoms in total. The van der Waals surface area contributed by atoms with Crippen LogP contribution < -0.4 is 4.74 Å². The summed E-state index contributed by atoms with van der Waals surface area (Å²) < 4.78 is 35.0. The maximum absolute atomic E-state index is 14.9. The van der Waals surface area contributed by atoms with Crippen LogP contribution in [0.1, 0.15) is 102 Å². The molecule has 0 aliphatic heterocycles. The molecule has 158 valence electrons. The first-order valence-electron chi connectivity index (χ1n) is 11.8. The van der Waals surface area contributed by atoms with Gasteiger partial charge in [-0.05, 0) is 67.4 Å². The third-order valence-corrected chi connectivity index (χ3v) is 7.26. The van der Waals surface area contributed by atoms with Gasteiger partial charge in [0.2, 0.25) is 5.82 Å². The van der Waals surface area contributed by atoms with E-state index >= 15 is 0 Å². The maximum Gasteiger partial charge on any atom is 0.200 e. The number of fused-ring (bicyclic) bond motifs is 1. The molecule has 2 aliphatic rings. The molecule has 0 spiro atoms. The minimum absolute atomic E-state index is 0.0798. The van der Waals surface area contributed by atoms with Gasteiger partial charge in [0.05, 0.1) is 6.61 Å². The number of ether oxygens (including phenoxy) is 1. The first-order chi connectivity index (χ1) is 13.7. The topological polar surface area (TPSA) is 9.23 Å². The summed E-state index contributed by atoms with van der Waals surface area (Å²) in [6.07, 6.45) is 14.1. The zero-order chi connectivity index (χ0) is 19.9. The van der Waals surface area contributed by atoms with E-state index in [4.69, 9.17) is 4.74 Å². The lowest BCUT2D eigenvalue weighted by molar-refractivity contribution is 0.283. The molecular weight excluding hydrogens is 354 g/mol. The largest absolute Gasteiger partial charge is 0.490 e. The van der Waals surface area contributed by atoms with Crippen molar-refractivity contribution in [2.45, 2.75) is 96.8 Å². The van der Waals surface area contributed by atoms with E-state index < -0.39 is 11.6 Å². The van der Waals surface area contributed by atoms with Crippen molar-refractivity contribution in [3.8, 4) is 5.75 Å². The summed E-state index contributed by atoms with van der Waals surface area (Å²) in [5.41, 5.74) is 0.595. The van der Waals surface area contributed by atoms with Crippen molar-refractivity contribution in [1.82, 2.24) is 0 Å². The molecule has 0 aromatic heterocycles. The predicted octanol–water partition coefficient (Wildman–Crippen LogP) is 8.02. The van der Waals surface area contributed by atoms with E-state index in [2.05, 4.69) is 13.8 Å². The second-order valence-corrected chi connectivity index (χ2v) is 9.03. The summed E-state index contributed by atoms with van der Waals surface area (Å²) in [5, 5.41) is 0. The smallest absolute Gasteiger partial charge is 0.200 e. The Bertz CT molecular complexity index is 615. The van der Waals surface area contributed by atoms with E-state index in [9.17, 15) is 8.78 Å². The summed E-state index contributed by atoms with van der Waals surface area (Å²) in [5.74, 6) is 0.894. The average Bonchev–Trinajstić information content (AvgIpc) is 3.28. The Morgan fingerprint density at radius 2 is 1.57 bits per heavy atom. The molecule has 0 bridgehead atoms. The van der Waals surface area contributed by atoms with Gasteiger partial charge in [-0.15, -0.1) is 0 Å². The summed E-state index contributed by atoms with van der Waals surface area (Å²) in [6.45, 7) is 4.86. The normalized spacial score (nSPS) is 26.6. The first-order valence-corrected chi connectivity index (χ1v) is 11.8. The van der Waals surface area contributed by atoms with Gasteiger partial charge in [-0.3, -0.25) is 0 Å². The quantitative estimate of drug-likeness (QED) is 0.346. The molecule has 3 heteroatoms. The lowest BCUT2D eigenvalue weighted by Crippen LogP contribution is -2.14. The molecule has 3 rings (SSSR count). The highest BCUT2D eigenvalue weighted by atomic mass is 19.2. The molecule has 1 aromatic rings. The second kappa shape index (κ2) is 10.6. The Morgan fingerprint density at radius 1 is 0.821 bits per heavy atom. The van der Waals surface area contributed by atoms with Crippen LogP contribution in [0.2, 0.25) is 0 Å². The molecule has 0 heterocycles. The van der Waals surface area contributed by atoms with Gasteiger partial charge in [0, 0.05) is 0 Å². The number of rotatable bonds is 11. The summed E-state index contributed by atoms with van der Waals surface area (Å²) in [7, 11) is 0. The molecule has 28 heavy (non-hydrogen) atoms. The van der Waals surface area contributed by atoms with Crippen LogP contribution in [0.3, 0.4) is 0 Å². The molecule has 1 aromatic carbocycles. The SMILES string of the molecule is CCCCCCOc1ccc(C2CCC3C(CCCCC)CCC23)c(F)c1F. The molecular formula is C25H38F2O. The molecule has 2 saturated carbocycles. The minimum atomic E-state index is -0.783. The third kappa shape index (κ3) is 4.89. The number of hydrogen-bond acceptors (Lipinski definition) is 1. The van der Waals surface area contributed by atoms with Gasteiger partial charge in [-0.25, -0.2) is 4.39 Å². The van der Waals surface area contributed by atoms with Gasteiger partial charge in [0.15, 0.2) is 11.6 Å². The lowest BCUT2D eigenvalue weighted by atomic mass is 9.83. The highest BCUT2D eigenvalue weighted by Gasteiger charge is 2.45. The minimum Gasteiger partial charge on any atom is -0.490 e. The fourth-order valence-electron chi connectivity index (χ4n) is 5.78. The molecule has 0 radical (unpaired) electrons. The predicted molar refractivity (Wildman–Crippen MR) is 112 cm³/mol. The molecule has 0 N–H and O–H groups in total. The van der Waals surface area contributed by atoms with E-state index in [1.807, 2.05) is 0 Å². The standard InChI is InChI=1S/C25H38F2O/c1-3-5-7-9-17-28-23-16-15-22(24(26)25(23)27)21-14-13-19-18(10-8-6-4-2)11-12-20(19)21/h15-16,18-21H,3-14,17H2,1-2H3. The lowest BCUT2D eigenvalue weighted by Gasteiger charge is -2.22. The Balaban J connectivity index is 1.60. The van der Waals surface area contributed by atoms with E-state index in [1.54, 1.807) is 12.1 Å². The Kier molecular flexibility index (Phi) is 8.17. The summed E-state index contributed by atoms with van der Waals surface area (Å²) >= 11 is 0. The molecule has 0 amide bonds.